The molecule has 0 saturated heterocycles. The van der Waals surface area contributed by atoms with Crippen LogP contribution in [0, 0.1) is 0 Å². The molecule has 10 nitrogen and oxygen atoms in total. The number of hydrogen-bond donors (Lipinski definition) is 0. The van der Waals surface area contributed by atoms with Crippen LogP contribution >= 0.6 is 0 Å². The van der Waals surface area contributed by atoms with Crippen molar-refractivity contribution in [3.05, 3.63) is 177 Å². The Morgan fingerprint density at radius 2 is 0.948 bits per heavy atom. The number of aromatic nitrogens is 8. The molecule has 0 amide bonds. The van der Waals surface area contributed by atoms with E-state index in [4.69, 9.17) is 29.4 Å². The molecule has 5 aromatic carbocycles. The van der Waals surface area contributed by atoms with Gasteiger partial charge in [0.05, 0.1) is 34.1 Å². The first kappa shape index (κ1) is 33.2. The van der Waals surface area contributed by atoms with Gasteiger partial charge in [0.15, 0.2) is 5.82 Å². The zero-order chi connectivity index (χ0) is 38.6. The number of para-hydroxylation sites is 2. The molecule has 0 bridgehead atoms. The molecule has 11 rings (SSSR count). The molecule has 0 radical (unpaired) electrons. The van der Waals surface area contributed by atoms with Crippen LogP contribution in [-0.4, -0.2) is 38.6 Å². The molecule has 0 atom stereocenters. The van der Waals surface area contributed by atoms with Gasteiger partial charge in [-0.3, -0.25) is 9.13 Å². The highest BCUT2D eigenvalue weighted by atomic mass is 16.5. The molecule has 0 aliphatic heterocycles. The smallest absolute Gasteiger partial charge is 0.159 e. The van der Waals surface area contributed by atoms with E-state index in [1.165, 1.54) is 0 Å². The minimum atomic E-state index is 0.520. The molecule has 10 heteroatoms. The van der Waals surface area contributed by atoms with E-state index in [9.17, 15) is 0 Å². The summed E-state index contributed by atoms with van der Waals surface area (Å²) in [7, 11) is 1.94. The van der Waals surface area contributed by atoms with Gasteiger partial charge in [0.25, 0.3) is 0 Å². The summed E-state index contributed by atoms with van der Waals surface area (Å²) in [4.78, 5) is 23.4. The van der Waals surface area contributed by atoms with Gasteiger partial charge >= 0.3 is 0 Å². The van der Waals surface area contributed by atoms with Crippen molar-refractivity contribution >= 4 is 43.6 Å². The van der Waals surface area contributed by atoms with Crippen LogP contribution in [0.2, 0.25) is 0 Å². The van der Waals surface area contributed by atoms with E-state index < -0.39 is 0 Å². The Balaban J connectivity index is 1.02. The van der Waals surface area contributed by atoms with E-state index in [2.05, 4.69) is 74.8 Å². The lowest BCUT2D eigenvalue weighted by Crippen LogP contribution is -1.97. The lowest BCUT2D eigenvalue weighted by atomic mass is 10.1. The maximum atomic E-state index is 6.70. The van der Waals surface area contributed by atoms with Crippen molar-refractivity contribution in [1.82, 2.24) is 38.6 Å². The standard InChI is InChI=1S/C48H32N8O2/c1-54-29-41(53-30-54)32-27-51-48(52-28-32)31-22-35(57-33-16-18-39-37-10-2-4-12-42(37)55(44(39)25-33)46-14-6-8-20-49-46)24-36(23-31)58-34-17-19-40-38-11-3-5-13-43(38)56(45(40)26-34)47-15-7-9-21-50-47/h2-30H,1H3. The fraction of sp³-hybridized carbons (Fsp3) is 0.0208. The third-order valence-corrected chi connectivity index (χ3v) is 10.3. The van der Waals surface area contributed by atoms with Gasteiger partial charge in [-0.25, -0.2) is 24.9 Å². The van der Waals surface area contributed by atoms with Gasteiger partial charge in [-0.2, -0.15) is 0 Å². The molecule has 6 aromatic heterocycles. The fourth-order valence-electron chi connectivity index (χ4n) is 7.76. The van der Waals surface area contributed by atoms with Crippen LogP contribution in [0.25, 0.3) is 77.9 Å². The average molecular weight is 753 g/mol. The van der Waals surface area contributed by atoms with E-state index in [1.54, 1.807) is 18.7 Å². The first-order valence-electron chi connectivity index (χ1n) is 18.8. The van der Waals surface area contributed by atoms with Gasteiger partial charge in [-0.1, -0.05) is 48.5 Å². The number of hydrogen-bond acceptors (Lipinski definition) is 7. The number of nitrogens with zero attached hydrogens (tertiary/aromatic N) is 8. The number of aryl methyl sites for hydroxylation is 1. The number of rotatable bonds is 8. The normalized spacial score (nSPS) is 11.5. The molecular weight excluding hydrogens is 721 g/mol. The van der Waals surface area contributed by atoms with E-state index in [-0.39, 0.29) is 0 Å². The second kappa shape index (κ2) is 13.6. The Kier molecular flexibility index (Phi) is 7.78. The molecular formula is C48H32N8O2. The monoisotopic (exact) mass is 752 g/mol. The summed E-state index contributed by atoms with van der Waals surface area (Å²) in [5, 5.41) is 4.48. The molecule has 0 spiro atoms. The van der Waals surface area contributed by atoms with Crippen LogP contribution in [0.3, 0.4) is 0 Å². The van der Waals surface area contributed by atoms with Crippen LogP contribution in [0.15, 0.2) is 177 Å². The van der Waals surface area contributed by atoms with Crippen molar-refractivity contribution in [3.8, 4) is 57.3 Å². The highest BCUT2D eigenvalue weighted by Crippen LogP contribution is 2.39. The molecule has 276 valence electrons. The summed E-state index contributed by atoms with van der Waals surface area (Å²) in [6.07, 6.45) is 10.9. The minimum absolute atomic E-state index is 0.520. The number of ether oxygens (including phenoxy) is 2. The Hall–Kier alpha value is -8.11. The van der Waals surface area contributed by atoms with Gasteiger partial charge in [-0.05, 0) is 72.8 Å². The summed E-state index contributed by atoms with van der Waals surface area (Å²) in [5.74, 6) is 4.61. The Labute approximate surface area is 331 Å². The maximum absolute atomic E-state index is 6.70. The Morgan fingerprint density at radius 3 is 1.45 bits per heavy atom. The number of benzene rings is 5. The molecule has 0 unspecified atom stereocenters. The van der Waals surface area contributed by atoms with Gasteiger partial charge in [0, 0.05) is 88.9 Å². The van der Waals surface area contributed by atoms with Gasteiger partial charge in [0.2, 0.25) is 0 Å². The zero-order valence-corrected chi connectivity index (χ0v) is 31.1. The first-order valence-corrected chi connectivity index (χ1v) is 18.8. The quantitative estimate of drug-likeness (QED) is 0.152. The fourth-order valence-corrected chi connectivity index (χ4v) is 7.76. The van der Waals surface area contributed by atoms with Crippen LogP contribution in [0.1, 0.15) is 0 Å². The summed E-state index contributed by atoms with van der Waals surface area (Å²) in [6.45, 7) is 0. The van der Waals surface area contributed by atoms with Crippen molar-refractivity contribution in [1.29, 1.82) is 0 Å². The molecule has 0 saturated carbocycles. The molecule has 58 heavy (non-hydrogen) atoms. The molecule has 0 aliphatic rings. The van der Waals surface area contributed by atoms with E-state index in [0.717, 1.165) is 72.1 Å². The predicted octanol–water partition coefficient (Wildman–Crippen LogP) is 11.1. The van der Waals surface area contributed by atoms with Crippen LogP contribution < -0.4 is 9.47 Å². The summed E-state index contributed by atoms with van der Waals surface area (Å²) < 4.78 is 19.6. The minimum Gasteiger partial charge on any atom is -0.457 e. The van der Waals surface area contributed by atoms with Gasteiger partial charge in [0.1, 0.15) is 34.6 Å². The summed E-state index contributed by atoms with van der Waals surface area (Å²) in [6, 6.07) is 46.6. The second-order valence-electron chi connectivity index (χ2n) is 14.1. The lowest BCUT2D eigenvalue weighted by molar-refractivity contribution is 0.461. The van der Waals surface area contributed by atoms with Crippen molar-refractivity contribution in [2.75, 3.05) is 0 Å². The number of imidazole rings is 1. The van der Waals surface area contributed by atoms with Gasteiger partial charge in [-0.15, -0.1) is 0 Å². The van der Waals surface area contributed by atoms with Crippen molar-refractivity contribution in [2.24, 2.45) is 7.05 Å². The predicted molar refractivity (Wildman–Crippen MR) is 227 cm³/mol. The van der Waals surface area contributed by atoms with Crippen molar-refractivity contribution in [2.45, 2.75) is 0 Å². The van der Waals surface area contributed by atoms with Crippen LogP contribution in [0.4, 0.5) is 0 Å². The van der Waals surface area contributed by atoms with E-state index in [1.807, 2.05) is 109 Å². The van der Waals surface area contributed by atoms with E-state index in [0.29, 0.717) is 28.8 Å². The Bertz CT molecular complexity index is 3120. The number of fused-ring (bicyclic) bond motifs is 6. The third kappa shape index (κ3) is 5.79. The second-order valence-corrected chi connectivity index (χ2v) is 14.1. The molecule has 11 aromatic rings. The SMILES string of the molecule is Cn1cnc(-c2cnc(-c3cc(Oc4ccc5c6ccccc6n(-c6ccccn6)c5c4)cc(Oc4ccc5c6ccccc6n(-c6ccccn6)c5c4)c3)nc2)c1. The Morgan fingerprint density at radius 1 is 0.431 bits per heavy atom. The zero-order valence-electron chi connectivity index (χ0n) is 31.1. The molecule has 0 aliphatic carbocycles. The maximum Gasteiger partial charge on any atom is 0.159 e. The lowest BCUT2D eigenvalue weighted by Gasteiger charge is -2.13. The highest BCUT2D eigenvalue weighted by Gasteiger charge is 2.17. The summed E-state index contributed by atoms with van der Waals surface area (Å²) >= 11 is 0. The third-order valence-electron chi connectivity index (χ3n) is 10.3. The van der Waals surface area contributed by atoms with Crippen molar-refractivity contribution < 1.29 is 9.47 Å². The summed E-state index contributed by atoms with van der Waals surface area (Å²) in [5.41, 5.74) is 6.44. The van der Waals surface area contributed by atoms with Crippen LogP contribution in [-0.2, 0) is 7.05 Å². The average Bonchev–Trinajstić information content (AvgIpc) is 3.95. The first-order chi connectivity index (χ1) is 28.6. The largest absolute Gasteiger partial charge is 0.457 e. The number of pyridine rings is 2. The molecule has 0 N–H and O–H groups in total. The van der Waals surface area contributed by atoms with Gasteiger partial charge < -0.3 is 14.0 Å². The molecule has 6 heterocycles. The van der Waals surface area contributed by atoms with Crippen LogP contribution in [0.5, 0.6) is 23.0 Å². The van der Waals surface area contributed by atoms with Crippen molar-refractivity contribution in [3.63, 3.8) is 0 Å². The molecule has 0 fully saturated rings. The topological polar surface area (TPSA) is 97.7 Å². The highest BCUT2D eigenvalue weighted by molar-refractivity contribution is 6.10. The van der Waals surface area contributed by atoms with E-state index >= 15 is 0 Å².